The molecule has 0 aliphatic heterocycles. The molecule has 0 radical (unpaired) electrons. The molecule has 5 heteroatoms. The van der Waals surface area contributed by atoms with Crippen LogP contribution in [0.15, 0.2) is 12.7 Å². The molecule has 0 N–H and O–H groups in total. The van der Waals surface area contributed by atoms with Gasteiger partial charge in [-0.25, -0.2) is 8.78 Å². The van der Waals surface area contributed by atoms with Gasteiger partial charge in [0, 0.05) is 0 Å². The Bertz CT molecular complexity index is 122. The van der Waals surface area contributed by atoms with Gasteiger partial charge in [0.1, 0.15) is 6.42 Å². The molecular formula is C5H5F5. The molecule has 0 saturated carbocycles. The highest BCUT2D eigenvalue weighted by Gasteiger charge is 2.41. The number of alkyl halides is 5. The van der Waals surface area contributed by atoms with Gasteiger partial charge in [0.05, 0.1) is 0 Å². The third-order valence-electron chi connectivity index (χ3n) is 0.735. The van der Waals surface area contributed by atoms with Crippen molar-refractivity contribution in [3.8, 4) is 0 Å². The molecule has 0 heterocycles. The Morgan fingerprint density at radius 3 is 1.60 bits per heavy atom. The van der Waals surface area contributed by atoms with E-state index in [2.05, 4.69) is 6.58 Å². The Morgan fingerprint density at radius 1 is 1.10 bits per heavy atom. The van der Waals surface area contributed by atoms with Gasteiger partial charge in [0.2, 0.25) is 0 Å². The second-order valence-corrected chi connectivity index (χ2v) is 1.76. The van der Waals surface area contributed by atoms with E-state index in [0.29, 0.717) is 0 Å². The van der Waals surface area contributed by atoms with Crippen LogP contribution in [0, 0.1) is 0 Å². The summed E-state index contributed by atoms with van der Waals surface area (Å²) < 4.78 is 57.3. The smallest absolute Gasteiger partial charge is 0.202 e. The van der Waals surface area contributed by atoms with Gasteiger partial charge in [-0.3, -0.25) is 0 Å². The second-order valence-electron chi connectivity index (χ2n) is 1.76. The van der Waals surface area contributed by atoms with E-state index in [0.717, 1.165) is 0 Å². The Hall–Kier alpha value is -0.610. The van der Waals surface area contributed by atoms with E-state index in [1.165, 1.54) is 0 Å². The lowest BCUT2D eigenvalue weighted by Crippen LogP contribution is -2.22. The fourth-order valence-electron chi connectivity index (χ4n) is 0.339. The van der Waals surface area contributed by atoms with Crippen molar-refractivity contribution in [3.05, 3.63) is 12.7 Å². The Balaban J connectivity index is 4.01. The van der Waals surface area contributed by atoms with Crippen LogP contribution in [-0.4, -0.2) is 12.1 Å². The van der Waals surface area contributed by atoms with E-state index < -0.39 is 18.5 Å². The topological polar surface area (TPSA) is 0 Å². The predicted molar refractivity (Wildman–Crippen MR) is 25.8 cm³/mol. The maximum atomic E-state index is 11.8. The number of halogens is 5. The maximum Gasteiger partial charge on any atom is 0.395 e. The molecule has 0 nitrogen and oxygen atoms in total. The molecule has 0 aromatic carbocycles. The number of hydrogen-bond acceptors (Lipinski definition) is 0. The van der Waals surface area contributed by atoms with Crippen LogP contribution in [0.4, 0.5) is 22.0 Å². The molecule has 0 aliphatic rings. The number of allylic oxidation sites excluding steroid dienone is 1. The van der Waals surface area contributed by atoms with Crippen molar-refractivity contribution in [2.45, 2.75) is 18.5 Å². The Morgan fingerprint density at radius 2 is 1.50 bits per heavy atom. The minimum Gasteiger partial charge on any atom is -0.202 e. The van der Waals surface area contributed by atoms with Crippen LogP contribution < -0.4 is 0 Å². The summed E-state index contributed by atoms with van der Waals surface area (Å²) in [6.45, 7) is 2.57. The number of rotatable bonds is 2. The number of hydrogen-bond donors (Lipinski definition) is 0. The van der Waals surface area contributed by atoms with E-state index in [4.69, 9.17) is 0 Å². The van der Waals surface area contributed by atoms with Crippen molar-refractivity contribution in [3.63, 3.8) is 0 Å². The van der Waals surface area contributed by atoms with E-state index in [-0.39, 0.29) is 6.08 Å². The van der Waals surface area contributed by atoms with Gasteiger partial charge in [0.15, 0.2) is 0 Å². The van der Waals surface area contributed by atoms with Crippen LogP contribution >= 0.6 is 0 Å². The average Bonchev–Trinajstić information content (AvgIpc) is 1.60. The highest BCUT2D eigenvalue weighted by Crippen LogP contribution is 2.31. The Labute approximate surface area is 54.3 Å². The van der Waals surface area contributed by atoms with Crippen molar-refractivity contribution >= 4 is 0 Å². The molecule has 0 saturated heterocycles. The van der Waals surface area contributed by atoms with Gasteiger partial charge in [-0.2, -0.15) is 13.2 Å². The second kappa shape index (κ2) is 2.56. The zero-order chi connectivity index (χ0) is 8.41. The van der Waals surface area contributed by atoms with Crippen molar-refractivity contribution in [1.29, 1.82) is 0 Å². The fourth-order valence-corrected chi connectivity index (χ4v) is 0.339. The summed E-state index contributed by atoms with van der Waals surface area (Å²) in [7, 11) is 0. The SMILES string of the molecule is C=CC(F)(F)CC(F)(F)F. The molecule has 0 aliphatic carbocycles. The third-order valence-corrected chi connectivity index (χ3v) is 0.735. The van der Waals surface area contributed by atoms with Crippen LogP contribution in [0.3, 0.4) is 0 Å². The maximum absolute atomic E-state index is 11.8. The lowest BCUT2D eigenvalue weighted by molar-refractivity contribution is -0.174. The van der Waals surface area contributed by atoms with Crippen LogP contribution in [0.2, 0.25) is 0 Å². The molecule has 0 amide bonds. The monoisotopic (exact) mass is 160 g/mol. The first-order valence-electron chi connectivity index (χ1n) is 2.35. The minimum atomic E-state index is -4.84. The molecular weight excluding hydrogens is 155 g/mol. The molecule has 0 rings (SSSR count). The first-order valence-corrected chi connectivity index (χ1v) is 2.35. The van der Waals surface area contributed by atoms with Gasteiger partial charge < -0.3 is 0 Å². The van der Waals surface area contributed by atoms with Gasteiger partial charge >= 0.3 is 6.18 Å². The standard InChI is InChI=1S/C5H5F5/c1-2-4(6,7)3-5(8,9)10/h2H,1,3H2. The molecule has 0 aromatic heterocycles. The zero-order valence-corrected chi connectivity index (χ0v) is 4.88. The summed E-state index contributed by atoms with van der Waals surface area (Å²) in [6.07, 6.45) is -6.98. The molecule has 0 atom stereocenters. The first kappa shape index (κ1) is 9.39. The van der Waals surface area contributed by atoms with E-state index in [1.54, 1.807) is 0 Å². The van der Waals surface area contributed by atoms with E-state index in [9.17, 15) is 22.0 Å². The highest BCUT2D eigenvalue weighted by molar-refractivity contribution is 4.88. The lowest BCUT2D eigenvalue weighted by atomic mass is 10.2. The third kappa shape index (κ3) is 4.29. The summed E-state index contributed by atoms with van der Waals surface area (Å²) in [5.74, 6) is -3.84. The van der Waals surface area contributed by atoms with E-state index in [1.807, 2.05) is 0 Å². The van der Waals surface area contributed by atoms with Crippen molar-refractivity contribution in [2.75, 3.05) is 0 Å². The van der Waals surface area contributed by atoms with Crippen LogP contribution in [0.25, 0.3) is 0 Å². The fraction of sp³-hybridized carbons (Fsp3) is 0.600. The summed E-state index contributed by atoms with van der Waals surface area (Å²) >= 11 is 0. The Kier molecular flexibility index (Phi) is 2.40. The van der Waals surface area contributed by atoms with Gasteiger partial charge in [-0.1, -0.05) is 6.58 Å². The van der Waals surface area contributed by atoms with Crippen LogP contribution in [0.1, 0.15) is 6.42 Å². The van der Waals surface area contributed by atoms with Crippen LogP contribution in [-0.2, 0) is 0 Å². The van der Waals surface area contributed by atoms with Crippen LogP contribution in [0.5, 0.6) is 0 Å². The van der Waals surface area contributed by atoms with Gasteiger partial charge in [-0.05, 0) is 6.08 Å². The summed E-state index contributed by atoms with van der Waals surface area (Å²) in [4.78, 5) is 0. The predicted octanol–water partition coefficient (Wildman–Crippen LogP) is 2.76. The summed E-state index contributed by atoms with van der Waals surface area (Å²) in [6, 6.07) is 0. The lowest BCUT2D eigenvalue weighted by Gasteiger charge is -2.12. The zero-order valence-electron chi connectivity index (χ0n) is 4.88. The molecule has 60 valence electrons. The summed E-state index contributed by atoms with van der Waals surface area (Å²) in [5.41, 5.74) is 0. The largest absolute Gasteiger partial charge is 0.395 e. The molecule has 0 aromatic rings. The normalized spacial score (nSPS) is 13.3. The van der Waals surface area contributed by atoms with Gasteiger partial charge in [0.25, 0.3) is 5.92 Å². The van der Waals surface area contributed by atoms with Crippen molar-refractivity contribution < 1.29 is 22.0 Å². The minimum absolute atomic E-state index is 0.0134. The molecule has 0 spiro atoms. The van der Waals surface area contributed by atoms with Gasteiger partial charge in [-0.15, -0.1) is 0 Å². The quantitative estimate of drug-likeness (QED) is 0.430. The first-order chi connectivity index (χ1) is 4.27. The molecule has 0 fully saturated rings. The van der Waals surface area contributed by atoms with Crippen molar-refractivity contribution in [1.82, 2.24) is 0 Å². The molecule has 0 bridgehead atoms. The average molecular weight is 160 g/mol. The molecule has 0 unspecified atom stereocenters. The highest BCUT2D eigenvalue weighted by atomic mass is 19.4. The molecule has 10 heavy (non-hydrogen) atoms. The van der Waals surface area contributed by atoms with E-state index >= 15 is 0 Å². The summed E-state index contributed by atoms with van der Waals surface area (Å²) in [5, 5.41) is 0. The van der Waals surface area contributed by atoms with Crippen molar-refractivity contribution in [2.24, 2.45) is 0 Å².